The molecular weight excluding hydrogens is 645 g/mol. The van der Waals surface area contributed by atoms with Crippen LogP contribution in [0, 0.1) is 6.92 Å². The van der Waals surface area contributed by atoms with Crippen LogP contribution in [-0.2, 0) is 20.7 Å². The molecule has 3 heterocycles. The molecule has 6 rings (SSSR count). The van der Waals surface area contributed by atoms with Crippen molar-refractivity contribution in [1.82, 2.24) is 0 Å². The molecule has 2 bridgehead atoms. The number of halogens is 1. The number of likely N-dealkylation sites (N-methyl/N-ethyl adjacent to an activating group) is 1. The molecule has 218 valence electrons. The summed E-state index contributed by atoms with van der Waals surface area (Å²) in [6, 6.07) is 21.3. The van der Waals surface area contributed by atoms with Crippen LogP contribution in [0.3, 0.4) is 0 Å². The highest BCUT2D eigenvalue weighted by molar-refractivity contribution is 14.1. The molecule has 0 aliphatic carbocycles. The lowest BCUT2D eigenvalue weighted by Crippen LogP contribution is -2.65. The van der Waals surface area contributed by atoms with E-state index in [2.05, 4.69) is 47.3 Å². The molecule has 5 atom stereocenters. The van der Waals surface area contributed by atoms with E-state index in [0.29, 0.717) is 29.4 Å². The summed E-state index contributed by atoms with van der Waals surface area (Å²) in [6.07, 6.45) is 2.92. The number of morpholine rings is 1. The molecule has 42 heavy (non-hydrogen) atoms. The van der Waals surface area contributed by atoms with Crippen molar-refractivity contribution in [2.75, 3.05) is 24.7 Å². The molecule has 3 fully saturated rings. The number of quaternary nitrogens is 1. The minimum atomic E-state index is -0.470. The van der Waals surface area contributed by atoms with E-state index >= 15 is 0 Å². The molecule has 0 spiro atoms. The lowest BCUT2D eigenvalue weighted by Gasteiger charge is -2.50. The van der Waals surface area contributed by atoms with E-state index in [1.54, 1.807) is 18.2 Å². The second-order valence-corrected chi connectivity index (χ2v) is 13.9. The fourth-order valence-corrected chi connectivity index (χ4v) is 7.99. The quantitative estimate of drug-likeness (QED) is 0.0748. The Labute approximate surface area is 259 Å². The van der Waals surface area contributed by atoms with Gasteiger partial charge in [0.05, 0.1) is 26.2 Å². The van der Waals surface area contributed by atoms with E-state index in [1.807, 2.05) is 55.5 Å². The molecule has 0 unspecified atom stereocenters. The summed E-state index contributed by atoms with van der Waals surface area (Å²) < 4.78 is 12.8. The predicted molar refractivity (Wildman–Crippen MR) is 170 cm³/mol. The second-order valence-electron chi connectivity index (χ2n) is 12.0. The first kappa shape index (κ1) is 28.8. The third-order valence-electron chi connectivity index (χ3n) is 9.13. The average Bonchev–Trinajstić information content (AvgIpc) is 3.75. The van der Waals surface area contributed by atoms with Gasteiger partial charge in [0.15, 0.2) is 9.65 Å². The maximum atomic E-state index is 13.3. The molecule has 2 N–H and O–H groups in total. The van der Waals surface area contributed by atoms with Gasteiger partial charge in [-0.1, -0.05) is 42.5 Å². The number of alkyl halides is 1. The summed E-state index contributed by atoms with van der Waals surface area (Å²) in [5, 5.41) is 5.95. The van der Waals surface area contributed by atoms with Crippen LogP contribution in [0.5, 0.6) is 0 Å². The molecule has 3 aliphatic rings. The van der Waals surface area contributed by atoms with E-state index in [9.17, 15) is 14.4 Å². The molecule has 8 nitrogen and oxygen atoms in total. The van der Waals surface area contributed by atoms with Crippen LogP contribution in [0.15, 0.2) is 66.7 Å². The number of carbonyl (C=O) groups excluding carboxylic acids is 3. The van der Waals surface area contributed by atoms with Crippen molar-refractivity contribution in [1.29, 1.82) is 0 Å². The van der Waals surface area contributed by atoms with Gasteiger partial charge in [0.1, 0.15) is 24.5 Å². The van der Waals surface area contributed by atoms with Gasteiger partial charge in [0.25, 0.3) is 0 Å². The number of amides is 2. The van der Waals surface area contributed by atoms with Crippen LogP contribution in [0.25, 0.3) is 11.1 Å². The van der Waals surface area contributed by atoms with Crippen LogP contribution in [0.4, 0.5) is 16.2 Å². The molecule has 3 aliphatic heterocycles. The Hall–Kier alpha value is -3.28. The Morgan fingerprint density at radius 3 is 2.57 bits per heavy atom. The van der Waals surface area contributed by atoms with Crippen LogP contribution >= 0.6 is 22.6 Å². The molecule has 3 aromatic rings. The van der Waals surface area contributed by atoms with E-state index < -0.39 is 6.09 Å². The summed E-state index contributed by atoms with van der Waals surface area (Å²) >= 11 is 2.52. The number of benzene rings is 3. The van der Waals surface area contributed by atoms with Crippen LogP contribution < -0.4 is 10.6 Å². The largest absolute Gasteiger partial charge is 0.445 e. The Morgan fingerprint density at radius 2 is 1.86 bits per heavy atom. The first-order valence-corrected chi connectivity index (χ1v) is 15.4. The molecule has 3 saturated heterocycles. The maximum Gasteiger partial charge on any atom is 0.411 e. The highest BCUT2D eigenvalue weighted by atomic mass is 127. The Balaban J connectivity index is 1.14. The van der Waals surface area contributed by atoms with Gasteiger partial charge >= 0.3 is 6.09 Å². The third kappa shape index (κ3) is 5.33. The number of epoxide rings is 1. The zero-order chi connectivity index (χ0) is 29.6. The molecular formula is C33H35IN3O5+. The molecule has 2 amide bonds. The van der Waals surface area contributed by atoms with E-state index in [0.717, 1.165) is 45.9 Å². The van der Waals surface area contributed by atoms with Crippen molar-refractivity contribution in [3.63, 3.8) is 0 Å². The van der Waals surface area contributed by atoms with Gasteiger partial charge in [0.2, 0.25) is 5.91 Å². The summed E-state index contributed by atoms with van der Waals surface area (Å²) in [5.74, 6) is -0.124. The first-order chi connectivity index (χ1) is 20.1. The van der Waals surface area contributed by atoms with Gasteiger partial charge in [-0.05, 0) is 76.9 Å². The smallest absolute Gasteiger partial charge is 0.411 e. The number of hydrogen-bond donors (Lipinski definition) is 2. The van der Waals surface area contributed by atoms with E-state index in [-0.39, 0.29) is 34.2 Å². The average molecular weight is 681 g/mol. The fraction of sp³-hybridized carbons (Fsp3) is 0.364. The number of fused-ring (bicyclic) bond motifs is 5. The zero-order valence-electron chi connectivity index (χ0n) is 23.9. The molecule has 0 aromatic heterocycles. The van der Waals surface area contributed by atoms with Gasteiger partial charge in [-0.2, -0.15) is 0 Å². The predicted octanol–water partition coefficient (Wildman–Crippen LogP) is 6.11. The lowest BCUT2D eigenvalue weighted by atomic mass is 9.96. The number of aryl methyl sites for hydroxylation is 2. The van der Waals surface area contributed by atoms with Gasteiger partial charge in [-0.25, -0.2) is 4.79 Å². The number of piperidine rings is 1. The second kappa shape index (κ2) is 11.1. The molecule has 0 radical (unpaired) electrons. The summed E-state index contributed by atoms with van der Waals surface area (Å²) in [5.41, 5.74) is 5.52. The zero-order valence-corrected chi connectivity index (χ0v) is 26.1. The lowest BCUT2D eigenvalue weighted by molar-refractivity contribution is -0.943. The Morgan fingerprint density at radius 1 is 1.07 bits per heavy atom. The Kier molecular flexibility index (Phi) is 7.61. The number of ether oxygens (including phenoxy) is 2. The standard InChI is InChI=1S/C33H34IN3O5/c1-20-15-22(19-38)10-13-26(20)35-29(39)14-11-21-9-12-25(23-7-5-4-6-8-23)27(16-21)36-32(40)41-24-17-28-30-31(42-30)33(34,18-24)37(28,2)3/h4-10,12-13,15-16,19,24,28,30-31H,11,14,17-18H2,1-3H3,(H-,35,36,38,39,40)/p+1/t24-,28-,30-,31+,33-/m0/s1. The van der Waals surface area contributed by atoms with Crippen LogP contribution in [0.2, 0.25) is 0 Å². The molecule has 0 saturated carbocycles. The van der Waals surface area contributed by atoms with Crippen LogP contribution in [0.1, 0.15) is 40.7 Å². The SMILES string of the molecule is Cc1cc(C=O)ccc1NC(=O)CCc1ccc(-c2ccccc2)c(NC(=O)O[C@H]2C[C@H]3[C@@H]4O[C@H]4[C@](I)(C2)[N+]3(C)C)c1. The number of nitrogens with one attached hydrogen (secondary N) is 2. The molecule has 3 aromatic carbocycles. The van der Waals surface area contributed by atoms with Gasteiger partial charge < -0.3 is 19.3 Å². The maximum absolute atomic E-state index is 13.3. The highest BCUT2D eigenvalue weighted by Crippen LogP contribution is 2.61. The fourth-order valence-electron chi connectivity index (χ4n) is 6.64. The monoisotopic (exact) mass is 680 g/mol. The summed E-state index contributed by atoms with van der Waals surface area (Å²) in [4.78, 5) is 37.0. The van der Waals surface area contributed by atoms with Gasteiger partial charge in [-0.15, -0.1) is 0 Å². The van der Waals surface area contributed by atoms with Crippen molar-refractivity contribution in [2.45, 2.75) is 60.5 Å². The minimum Gasteiger partial charge on any atom is -0.445 e. The minimum absolute atomic E-state index is 0.0962. The Bertz CT molecular complexity index is 1540. The summed E-state index contributed by atoms with van der Waals surface area (Å²) in [6.45, 7) is 1.86. The van der Waals surface area contributed by atoms with Crippen molar-refractivity contribution >= 4 is 52.3 Å². The number of hydrogen-bond acceptors (Lipinski definition) is 5. The van der Waals surface area contributed by atoms with Crippen LogP contribution in [-0.4, -0.2) is 64.8 Å². The van der Waals surface area contributed by atoms with Crippen molar-refractivity contribution in [3.8, 4) is 11.1 Å². The normalized spacial score (nSPS) is 26.6. The summed E-state index contributed by atoms with van der Waals surface area (Å²) in [7, 11) is 4.51. The number of carbonyl (C=O) groups is 3. The van der Waals surface area contributed by atoms with Crippen molar-refractivity contribution in [3.05, 3.63) is 83.4 Å². The van der Waals surface area contributed by atoms with Gasteiger partial charge in [-0.3, -0.25) is 14.9 Å². The number of aldehydes is 1. The molecule has 9 heteroatoms. The van der Waals surface area contributed by atoms with Crippen molar-refractivity contribution < 1.29 is 28.3 Å². The van der Waals surface area contributed by atoms with E-state index in [1.165, 1.54) is 0 Å². The first-order valence-electron chi connectivity index (χ1n) is 14.3. The number of rotatable bonds is 8. The topological polar surface area (TPSA) is 97.0 Å². The van der Waals surface area contributed by atoms with Gasteiger partial charge in [0, 0.05) is 29.7 Å². The number of nitrogens with zero attached hydrogens (tertiary/aromatic N) is 1. The van der Waals surface area contributed by atoms with Crippen molar-refractivity contribution in [2.24, 2.45) is 0 Å². The third-order valence-corrected chi connectivity index (χ3v) is 11.4. The van der Waals surface area contributed by atoms with E-state index in [4.69, 9.17) is 9.47 Å². The number of anilines is 2. The highest BCUT2D eigenvalue weighted by Gasteiger charge is 2.78.